The van der Waals surface area contributed by atoms with Gasteiger partial charge in [0.2, 0.25) is 0 Å². The smallest absolute Gasteiger partial charge is 0.119 e. The lowest BCUT2D eigenvalue weighted by molar-refractivity contribution is 0.283. The van der Waals surface area contributed by atoms with E-state index >= 15 is 0 Å². The maximum atomic E-state index is 9.32. The van der Waals surface area contributed by atoms with E-state index in [1.54, 1.807) is 0 Å². The van der Waals surface area contributed by atoms with Crippen molar-refractivity contribution in [3.05, 3.63) is 58.9 Å². The van der Waals surface area contributed by atoms with Crippen molar-refractivity contribution in [1.82, 2.24) is 9.55 Å². The van der Waals surface area contributed by atoms with Crippen LogP contribution in [0.4, 0.5) is 0 Å². The van der Waals surface area contributed by atoms with Crippen molar-refractivity contribution in [3.63, 3.8) is 0 Å². The van der Waals surface area contributed by atoms with Crippen molar-refractivity contribution in [1.29, 1.82) is 0 Å². The third-order valence-corrected chi connectivity index (χ3v) is 4.38. The molecule has 0 aliphatic carbocycles. The van der Waals surface area contributed by atoms with Crippen molar-refractivity contribution in [3.8, 4) is 5.75 Å². The van der Waals surface area contributed by atoms with Gasteiger partial charge in [-0.2, -0.15) is 0 Å². The van der Waals surface area contributed by atoms with E-state index in [9.17, 15) is 5.11 Å². The Hall–Kier alpha value is -2.33. The van der Waals surface area contributed by atoms with Gasteiger partial charge in [0.05, 0.1) is 24.2 Å². The molecule has 2 aromatic carbocycles. The highest BCUT2D eigenvalue weighted by molar-refractivity contribution is 5.78. The topological polar surface area (TPSA) is 47.3 Å². The number of fused-ring (bicyclic) bond motifs is 1. The second-order valence-corrected chi connectivity index (χ2v) is 6.24. The molecule has 3 aromatic rings. The van der Waals surface area contributed by atoms with E-state index in [0.717, 1.165) is 22.6 Å². The van der Waals surface area contributed by atoms with Gasteiger partial charge >= 0.3 is 0 Å². The van der Waals surface area contributed by atoms with Gasteiger partial charge in [-0.3, -0.25) is 0 Å². The van der Waals surface area contributed by atoms with E-state index in [-0.39, 0.29) is 6.61 Å². The van der Waals surface area contributed by atoms with Crippen LogP contribution in [-0.2, 0) is 13.0 Å². The predicted octanol–water partition coefficient (Wildman–Crippen LogP) is 3.58. The van der Waals surface area contributed by atoms with E-state index < -0.39 is 0 Å². The van der Waals surface area contributed by atoms with Gasteiger partial charge in [0.15, 0.2) is 0 Å². The number of rotatable bonds is 6. The first-order valence-corrected chi connectivity index (χ1v) is 8.35. The average Bonchev–Trinajstić information content (AvgIpc) is 2.87. The van der Waals surface area contributed by atoms with Gasteiger partial charge in [-0.25, -0.2) is 4.98 Å². The Morgan fingerprint density at radius 3 is 2.46 bits per heavy atom. The van der Waals surface area contributed by atoms with Crippen LogP contribution in [0, 0.1) is 20.8 Å². The fourth-order valence-electron chi connectivity index (χ4n) is 2.86. The molecule has 24 heavy (non-hydrogen) atoms. The number of hydrogen-bond acceptors (Lipinski definition) is 3. The van der Waals surface area contributed by atoms with E-state index in [1.807, 2.05) is 24.3 Å². The minimum absolute atomic E-state index is 0.0973. The normalized spacial score (nSPS) is 11.2. The predicted molar refractivity (Wildman–Crippen MR) is 96.7 cm³/mol. The average molecular weight is 324 g/mol. The van der Waals surface area contributed by atoms with Gasteiger partial charge < -0.3 is 14.4 Å². The molecule has 0 aliphatic rings. The molecule has 0 bridgehead atoms. The fourth-order valence-corrected chi connectivity index (χ4v) is 2.86. The molecule has 1 N–H and O–H groups in total. The zero-order valence-electron chi connectivity index (χ0n) is 14.5. The van der Waals surface area contributed by atoms with Gasteiger partial charge in [0.1, 0.15) is 18.2 Å². The molecule has 0 fully saturated rings. The summed E-state index contributed by atoms with van der Waals surface area (Å²) in [6.45, 7) is 7.65. The molecule has 0 atom stereocenters. The van der Waals surface area contributed by atoms with Crippen LogP contribution in [0.1, 0.15) is 22.5 Å². The zero-order chi connectivity index (χ0) is 17.1. The molecule has 0 aliphatic heterocycles. The molecular formula is C20H24N2O2. The van der Waals surface area contributed by atoms with Crippen molar-refractivity contribution in [2.24, 2.45) is 0 Å². The van der Waals surface area contributed by atoms with Crippen LogP contribution in [0.25, 0.3) is 11.0 Å². The van der Waals surface area contributed by atoms with E-state index in [4.69, 9.17) is 4.74 Å². The maximum absolute atomic E-state index is 9.32. The summed E-state index contributed by atoms with van der Waals surface area (Å²) in [5, 5.41) is 9.32. The van der Waals surface area contributed by atoms with Gasteiger partial charge in [0, 0.05) is 6.42 Å². The number of aliphatic hydroxyl groups is 1. The number of benzene rings is 2. The lowest BCUT2D eigenvalue weighted by atomic mass is 10.1. The van der Waals surface area contributed by atoms with E-state index in [0.29, 0.717) is 19.6 Å². The molecule has 0 amide bonds. The number of aryl methyl sites for hydroxylation is 3. The summed E-state index contributed by atoms with van der Waals surface area (Å²) < 4.78 is 8.02. The third-order valence-electron chi connectivity index (χ3n) is 4.38. The van der Waals surface area contributed by atoms with Crippen molar-refractivity contribution in [2.75, 3.05) is 13.2 Å². The van der Waals surface area contributed by atoms with Crippen molar-refractivity contribution < 1.29 is 9.84 Å². The quantitative estimate of drug-likeness (QED) is 0.754. The highest BCUT2D eigenvalue weighted by Gasteiger charge is 2.12. The second kappa shape index (κ2) is 7.05. The van der Waals surface area contributed by atoms with Crippen LogP contribution in [0.3, 0.4) is 0 Å². The minimum atomic E-state index is 0.0973. The molecule has 0 saturated carbocycles. The van der Waals surface area contributed by atoms with Crippen LogP contribution in [0.15, 0.2) is 36.4 Å². The molecule has 126 valence electrons. The highest BCUT2D eigenvalue weighted by Crippen LogP contribution is 2.21. The first-order valence-electron chi connectivity index (χ1n) is 8.35. The van der Waals surface area contributed by atoms with Crippen LogP contribution in [0.5, 0.6) is 5.75 Å². The molecular weight excluding hydrogens is 300 g/mol. The van der Waals surface area contributed by atoms with Crippen molar-refractivity contribution in [2.45, 2.75) is 33.7 Å². The summed E-state index contributed by atoms with van der Waals surface area (Å²) in [7, 11) is 0. The van der Waals surface area contributed by atoms with Crippen LogP contribution < -0.4 is 4.74 Å². The number of imidazole rings is 1. The highest BCUT2D eigenvalue weighted by atomic mass is 16.5. The second-order valence-electron chi connectivity index (χ2n) is 6.24. The van der Waals surface area contributed by atoms with Gasteiger partial charge in [0.25, 0.3) is 0 Å². The fraction of sp³-hybridized carbons (Fsp3) is 0.350. The molecule has 0 radical (unpaired) electrons. The Morgan fingerprint density at radius 2 is 1.75 bits per heavy atom. The minimum Gasteiger partial charge on any atom is -0.492 e. The third kappa shape index (κ3) is 3.44. The molecule has 0 unspecified atom stereocenters. The SMILES string of the molecule is Cc1ccc(OCCn2c(CCO)nc3cc(C)c(C)cc32)cc1. The van der Waals surface area contributed by atoms with Gasteiger partial charge in [-0.05, 0) is 56.2 Å². The molecule has 0 spiro atoms. The summed E-state index contributed by atoms with van der Waals surface area (Å²) in [5.41, 5.74) is 5.79. The number of aromatic nitrogens is 2. The molecule has 4 heteroatoms. The van der Waals surface area contributed by atoms with Crippen LogP contribution >= 0.6 is 0 Å². The number of nitrogens with zero attached hydrogens (tertiary/aromatic N) is 2. The molecule has 3 rings (SSSR count). The number of aliphatic hydroxyl groups excluding tert-OH is 1. The molecule has 0 saturated heterocycles. The van der Waals surface area contributed by atoms with Gasteiger partial charge in [-0.1, -0.05) is 17.7 Å². The zero-order valence-corrected chi connectivity index (χ0v) is 14.5. The Kier molecular flexibility index (Phi) is 4.86. The Bertz CT molecular complexity index is 835. The summed E-state index contributed by atoms with van der Waals surface area (Å²) in [4.78, 5) is 4.69. The summed E-state index contributed by atoms with van der Waals surface area (Å²) in [5.74, 6) is 1.78. The Labute approximate surface area is 142 Å². The first kappa shape index (κ1) is 16.5. The lowest BCUT2D eigenvalue weighted by Gasteiger charge is -2.11. The number of hydrogen-bond donors (Lipinski definition) is 1. The molecule has 1 aromatic heterocycles. The Morgan fingerprint density at radius 1 is 1.04 bits per heavy atom. The largest absolute Gasteiger partial charge is 0.492 e. The maximum Gasteiger partial charge on any atom is 0.119 e. The molecule has 4 nitrogen and oxygen atoms in total. The lowest BCUT2D eigenvalue weighted by Crippen LogP contribution is -2.12. The van der Waals surface area contributed by atoms with Crippen molar-refractivity contribution >= 4 is 11.0 Å². The van der Waals surface area contributed by atoms with Crippen LogP contribution in [-0.4, -0.2) is 27.9 Å². The van der Waals surface area contributed by atoms with Crippen LogP contribution in [0.2, 0.25) is 0 Å². The standard InChI is InChI=1S/C20H24N2O2/c1-14-4-6-17(7-5-14)24-11-9-22-19-13-16(3)15(2)12-18(19)21-20(22)8-10-23/h4-7,12-13,23H,8-11H2,1-3H3. The monoisotopic (exact) mass is 324 g/mol. The number of ether oxygens (including phenoxy) is 1. The first-order chi connectivity index (χ1) is 11.6. The summed E-state index contributed by atoms with van der Waals surface area (Å²) in [6, 6.07) is 12.4. The summed E-state index contributed by atoms with van der Waals surface area (Å²) in [6.07, 6.45) is 0.553. The van der Waals surface area contributed by atoms with E-state index in [2.05, 4.69) is 42.5 Å². The van der Waals surface area contributed by atoms with E-state index in [1.165, 1.54) is 16.7 Å². The van der Waals surface area contributed by atoms with Gasteiger partial charge in [-0.15, -0.1) is 0 Å². The summed E-state index contributed by atoms with van der Waals surface area (Å²) >= 11 is 0. The molecule has 1 heterocycles. The Balaban J connectivity index is 1.82.